The molecular weight excluding hydrogens is 222 g/mol. The molecule has 0 aliphatic rings. The predicted octanol–water partition coefficient (Wildman–Crippen LogP) is 0.644. The van der Waals surface area contributed by atoms with Crippen molar-refractivity contribution < 1.29 is 19.1 Å². The Morgan fingerprint density at radius 3 is 2.94 bits per heavy atom. The van der Waals surface area contributed by atoms with E-state index < -0.39 is 6.10 Å². The van der Waals surface area contributed by atoms with Crippen LogP contribution in [0, 0.1) is 6.92 Å². The number of hydrogen-bond acceptors (Lipinski definition) is 4. The molecule has 0 aromatic carbocycles. The monoisotopic (exact) mass is 241 g/mol. The molecule has 17 heavy (non-hydrogen) atoms. The number of hydrogen-bond donors (Lipinski definition) is 2. The average molecular weight is 241 g/mol. The Labute approximate surface area is 101 Å². The zero-order chi connectivity index (χ0) is 12.7. The quantitative estimate of drug-likeness (QED) is 0.735. The molecule has 1 heterocycles. The lowest BCUT2D eigenvalue weighted by atomic mass is 10.2. The summed E-state index contributed by atoms with van der Waals surface area (Å²) in [4.78, 5) is 11.4. The first-order valence-electron chi connectivity index (χ1n) is 5.61. The van der Waals surface area contributed by atoms with Crippen LogP contribution in [0.1, 0.15) is 17.9 Å². The maximum Gasteiger partial charge on any atom is 0.220 e. The van der Waals surface area contributed by atoms with Gasteiger partial charge in [0.25, 0.3) is 0 Å². The number of rotatable bonds is 7. The molecule has 1 amide bonds. The smallest absolute Gasteiger partial charge is 0.220 e. The van der Waals surface area contributed by atoms with Gasteiger partial charge in [0.15, 0.2) is 0 Å². The standard InChI is InChI=1S/C12H19NO4/c1-9-3-4-11(17-9)5-6-12(15)13-7-10(14)8-16-2/h3-4,10,14H,5-8H2,1-2H3,(H,13,15)/t10-/m0/s1. The molecule has 0 saturated carbocycles. The Hall–Kier alpha value is -1.33. The van der Waals surface area contributed by atoms with Crippen molar-refractivity contribution in [3.8, 4) is 0 Å². The number of carbonyl (C=O) groups excluding carboxylic acids is 1. The van der Waals surface area contributed by atoms with Crippen LogP contribution in [-0.2, 0) is 16.0 Å². The van der Waals surface area contributed by atoms with Gasteiger partial charge in [-0.3, -0.25) is 4.79 Å². The second-order valence-electron chi connectivity index (χ2n) is 3.93. The Balaban J connectivity index is 2.17. The third-order valence-electron chi connectivity index (χ3n) is 2.29. The summed E-state index contributed by atoms with van der Waals surface area (Å²) in [6, 6.07) is 3.73. The number of amides is 1. The number of carbonyl (C=O) groups is 1. The molecule has 1 atom stereocenters. The molecule has 1 rings (SSSR count). The second-order valence-corrected chi connectivity index (χ2v) is 3.93. The third kappa shape index (κ3) is 5.51. The predicted molar refractivity (Wildman–Crippen MR) is 62.7 cm³/mol. The fraction of sp³-hybridized carbons (Fsp3) is 0.583. The molecule has 0 spiro atoms. The molecule has 5 heteroatoms. The van der Waals surface area contributed by atoms with Crippen LogP contribution in [0.3, 0.4) is 0 Å². The molecule has 1 aromatic rings. The fourth-order valence-corrected chi connectivity index (χ4v) is 1.43. The number of furan rings is 1. The summed E-state index contributed by atoms with van der Waals surface area (Å²) in [6.07, 6.45) is 0.266. The van der Waals surface area contributed by atoms with E-state index in [0.29, 0.717) is 12.8 Å². The maximum absolute atomic E-state index is 11.4. The molecule has 0 bridgehead atoms. The van der Waals surface area contributed by atoms with Crippen molar-refractivity contribution >= 4 is 5.91 Å². The molecule has 0 aliphatic heterocycles. The first-order valence-corrected chi connectivity index (χ1v) is 5.61. The van der Waals surface area contributed by atoms with Gasteiger partial charge in [0.05, 0.1) is 12.7 Å². The van der Waals surface area contributed by atoms with Gasteiger partial charge < -0.3 is 19.6 Å². The number of ether oxygens (including phenoxy) is 1. The zero-order valence-electron chi connectivity index (χ0n) is 10.2. The molecule has 0 radical (unpaired) electrons. The van der Waals surface area contributed by atoms with Gasteiger partial charge in [-0.15, -0.1) is 0 Å². The summed E-state index contributed by atoms with van der Waals surface area (Å²) >= 11 is 0. The van der Waals surface area contributed by atoms with E-state index in [1.54, 1.807) is 0 Å². The van der Waals surface area contributed by atoms with Crippen molar-refractivity contribution in [2.45, 2.75) is 25.9 Å². The van der Waals surface area contributed by atoms with E-state index in [1.807, 2.05) is 19.1 Å². The van der Waals surface area contributed by atoms with Crippen molar-refractivity contribution in [1.82, 2.24) is 5.32 Å². The summed E-state index contributed by atoms with van der Waals surface area (Å²) in [5.74, 6) is 1.54. The Bertz CT molecular complexity index is 348. The van der Waals surface area contributed by atoms with E-state index in [9.17, 15) is 9.90 Å². The zero-order valence-corrected chi connectivity index (χ0v) is 10.2. The number of aryl methyl sites for hydroxylation is 2. The second kappa shape index (κ2) is 7.09. The summed E-state index contributed by atoms with van der Waals surface area (Å²) in [5.41, 5.74) is 0. The third-order valence-corrected chi connectivity index (χ3v) is 2.29. The fourth-order valence-electron chi connectivity index (χ4n) is 1.43. The summed E-state index contributed by atoms with van der Waals surface area (Å²) < 4.78 is 10.1. The molecule has 0 saturated heterocycles. The van der Waals surface area contributed by atoms with Crippen molar-refractivity contribution in [3.63, 3.8) is 0 Å². The SMILES string of the molecule is COC[C@@H](O)CNC(=O)CCc1ccc(C)o1. The van der Waals surface area contributed by atoms with Gasteiger partial charge in [0, 0.05) is 26.5 Å². The Morgan fingerprint density at radius 2 is 2.35 bits per heavy atom. The van der Waals surface area contributed by atoms with Gasteiger partial charge in [-0.05, 0) is 19.1 Å². The van der Waals surface area contributed by atoms with Gasteiger partial charge >= 0.3 is 0 Å². The normalized spacial score (nSPS) is 12.4. The summed E-state index contributed by atoms with van der Waals surface area (Å²) in [7, 11) is 1.50. The van der Waals surface area contributed by atoms with Crippen molar-refractivity contribution in [3.05, 3.63) is 23.7 Å². The van der Waals surface area contributed by atoms with Gasteiger partial charge in [0.1, 0.15) is 11.5 Å². The van der Waals surface area contributed by atoms with Crippen LogP contribution in [0.25, 0.3) is 0 Å². The summed E-state index contributed by atoms with van der Waals surface area (Å²) in [6.45, 7) is 2.30. The van der Waals surface area contributed by atoms with Crippen molar-refractivity contribution in [2.75, 3.05) is 20.3 Å². The van der Waals surface area contributed by atoms with Crippen LogP contribution < -0.4 is 5.32 Å². The number of aliphatic hydroxyl groups excluding tert-OH is 1. The van der Waals surface area contributed by atoms with Crippen LogP contribution in [-0.4, -0.2) is 37.4 Å². The van der Waals surface area contributed by atoms with E-state index in [4.69, 9.17) is 9.15 Å². The highest BCUT2D eigenvalue weighted by Gasteiger charge is 2.07. The Kier molecular flexibility index (Phi) is 5.72. The van der Waals surface area contributed by atoms with Gasteiger partial charge in [-0.2, -0.15) is 0 Å². The molecular formula is C12H19NO4. The van der Waals surface area contributed by atoms with Crippen molar-refractivity contribution in [1.29, 1.82) is 0 Å². The van der Waals surface area contributed by atoms with E-state index in [0.717, 1.165) is 11.5 Å². The molecule has 0 unspecified atom stereocenters. The minimum absolute atomic E-state index is 0.103. The Morgan fingerprint density at radius 1 is 1.59 bits per heavy atom. The van der Waals surface area contributed by atoms with E-state index >= 15 is 0 Å². The van der Waals surface area contributed by atoms with Crippen LogP contribution in [0.4, 0.5) is 0 Å². The minimum Gasteiger partial charge on any atom is -0.466 e. The average Bonchev–Trinajstić information content (AvgIpc) is 2.70. The number of aliphatic hydroxyl groups is 1. The summed E-state index contributed by atoms with van der Waals surface area (Å²) in [5, 5.41) is 12.0. The lowest BCUT2D eigenvalue weighted by molar-refractivity contribution is -0.121. The highest BCUT2D eigenvalue weighted by molar-refractivity contribution is 5.76. The molecule has 0 fully saturated rings. The highest BCUT2D eigenvalue weighted by Crippen LogP contribution is 2.08. The first-order chi connectivity index (χ1) is 8.11. The van der Waals surface area contributed by atoms with E-state index in [-0.39, 0.29) is 19.1 Å². The molecule has 1 aromatic heterocycles. The molecule has 96 valence electrons. The topological polar surface area (TPSA) is 71.7 Å². The minimum atomic E-state index is -0.658. The van der Waals surface area contributed by atoms with E-state index in [1.165, 1.54) is 7.11 Å². The van der Waals surface area contributed by atoms with Gasteiger partial charge in [-0.25, -0.2) is 0 Å². The lowest BCUT2D eigenvalue weighted by Crippen LogP contribution is -2.34. The first kappa shape index (κ1) is 13.7. The van der Waals surface area contributed by atoms with Gasteiger partial charge in [-0.1, -0.05) is 0 Å². The largest absolute Gasteiger partial charge is 0.466 e. The van der Waals surface area contributed by atoms with Crippen LogP contribution in [0.2, 0.25) is 0 Å². The molecule has 5 nitrogen and oxygen atoms in total. The van der Waals surface area contributed by atoms with Crippen LogP contribution >= 0.6 is 0 Å². The lowest BCUT2D eigenvalue weighted by Gasteiger charge is -2.10. The number of nitrogens with one attached hydrogen (secondary N) is 1. The van der Waals surface area contributed by atoms with Gasteiger partial charge in [0.2, 0.25) is 5.91 Å². The molecule has 2 N–H and O–H groups in total. The van der Waals surface area contributed by atoms with E-state index in [2.05, 4.69) is 5.32 Å². The van der Waals surface area contributed by atoms with Crippen molar-refractivity contribution in [2.24, 2.45) is 0 Å². The number of methoxy groups -OCH3 is 1. The van der Waals surface area contributed by atoms with Crippen LogP contribution in [0.5, 0.6) is 0 Å². The molecule has 0 aliphatic carbocycles. The highest BCUT2D eigenvalue weighted by atomic mass is 16.5. The van der Waals surface area contributed by atoms with Crippen LogP contribution in [0.15, 0.2) is 16.5 Å². The maximum atomic E-state index is 11.4.